The number of hydrogen-bond acceptors (Lipinski definition) is 3. The van der Waals surface area contributed by atoms with Crippen molar-refractivity contribution in [1.82, 2.24) is 0 Å². The molecule has 0 fully saturated rings. The van der Waals surface area contributed by atoms with Crippen LogP contribution in [-0.2, 0) is 0 Å². The molecule has 0 aliphatic carbocycles. The predicted octanol–water partition coefficient (Wildman–Crippen LogP) is 3.41. The molecule has 17 heavy (non-hydrogen) atoms. The van der Waals surface area contributed by atoms with Crippen molar-refractivity contribution in [2.75, 3.05) is 7.11 Å². The van der Waals surface area contributed by atoms with Crippen LogP contribution in [0, 0.1) is 12.8 Å². The van der Waals surface area contributed by atoms with Gasteiger partial charge in [0, 0.05) is 5.56 Å². The summed E-state index contributed by atoms with van der Waals surface area (Å²) in [5, 5.41) is 0. The number of ether oxygens (including phenoxy) is 1. The standard InChI is InChI=1S/C14H20O3/c1-5-6-10(2)7-8-12-11(3)13(16-4)9-14(15)17-12/h7-10H,5-6H2,1-4H3/b8-7+. The number of methoxy groups -OCH3 is 1. The predicted molar refractivity (Wildman–Crippen MR) is 69.4 cm³/mol. The number of allylic oxidation sites excluding steroid dienone is 1. The van der Waals surface area contributed by atoms with Crippen LogP contribution in [0.25, 0.3) is 6.08 Å². The largest absolute Gasteiger partial charge is 0.496 e. The average Bonchev–Trinajstić information content (AvgIpc) is 2.30. The molecule has 1 rings (SSSR count). The average molecular weight is 236 g/mol. The Balaban J connectivity index is 2.98. The Morgan fingerprint density at radius 2 is 2.24 bits per heavy atom. The van der Waals surface area contributed by atoms with Crippen molar-refractivity contribution in [3.63, 3.8) is 0 Å². The molecule has 1 aromatic heterocycles. The van der Waals surface area contributed by atoms with Crippen LogP contribution in [0.15, 0.2) is 21.4 Å². The summed E-state index contributed by atoms with van der Waals surface area (Å²) in [4.78, 5) is 11.3. The summed E-state index contributed by atoms with van der Waals surface area (Å²) < 4.78 is 10.3. The fourth-order valence-electron chi connectivity index (χ4n) is 1.73. The topological polar surface area (TPSA) is 39.4 Å². The molecule has 1 unspecified atom stereocenters. The van der Waals surface area contributed by atoms with Crippen molar-refractivity contribution in [2.45, 2.75) is 33.6 Å². The van der Waals surface area contributed by atoms with Crippen LogP contribution in [-0.4, -0.2) is 7.11 Å². The van der Waals surface area contributed by atoms with Gasteiger partial charge in [0.25, 0.3) is 0 Å². The van der Waals surface area contributed by atoms with Gasteiger partial charge in [0.2, 0.25) is 0 Å². The van der Waals surface area contributed by atoms with Crippen molar-refractivity contribution in [1.29, 1.82) is 0 Å². The van der Waals surface area contributed by atoms with E-state index in [1.54, 1.807) is 7.11 Å². The molecule has 0 bridgehead atoms. The molecule has 0 aliphatic heterocycles. The molecular weight excluding hydrogens is 216 g/mol. The van der Waals surface area contributed by atoms with Gasteiger partial charge in [0.05, 0.1) is 13.2 Å². The van der Waals surface area contributed by atoms with Crippen LogP contribution in [0.4, 0.5) is 0 Å². The molecule has 0 aliphatic rings. The van der Waals surface area contributed by atoms with Gasteiger partial charge in [-0.25, -0.2) is 4.79 Å². The molecule has 94 valence electrons. The quantitative estimate of drug-likeness (QED) is 0.786. The van der Waals surface area contributed by atoms with Crippen LogP contribution in [0.1, 0.15) is 38.0 Å². The van der Waals surface area contributed by atoms with E-state index in [4.69, 9.17) is 9.15 Å². The smallest absolute Gasteiger partial charge is 0.339 e. The molecular formula is C14H20O3. The zero-order chi connectivity index (χ0) is 12.8. The van der Waals surface area contributed by atoms with Crippen molar-refractivity contribution in [2.24, 2.45) is 5.92 Å². The highest BCUT2D eigenvalue weighted by Crippen LogP contribution is 2.20. The lowest BCUT2D eigenvalue weighted by molar-refractivity contribution is 0.395. The van der Waals surface area contributed by atoms with Gasteiger partial charge in [-0.05, 0) is 25.3 Å². The maximum atomic E-state index is 11.3. The van der Waals surface area contributed by atoms with E-state index in [0.29, 0.717) is 17.4 Å². The molecule has 1 atom stereocenters. The molecule has 0 radical (unpaired) electrons. The highest BCUT2D eigenvalue weighted by Gasteiger charge is 2.07. The zero-order valence-electron chi connectivity index (χ0n) is 10.9. The molecule has 1 heterocycles. The van der Waals surface area contributed by atoms with E-state index in [-0.39, 0.29) is 5.63 Å². The molecule has 0 amide bonds. The summed E-state index contributed by atoms with van der Waals surface area (Å²) in [7, 11) is 1.55. The van der Waals surface area contributed by atoms with Crippen LogP contribution in [0.5, 0.6) is 5.75 Å². The highest BCUT2D eigenvalue weighted by molar-refractivity contribution is 5.51. The van der Waals surface area contributed by atoms with Gasteiger partial charge in [-0.1, -0.05) is 26.3 Å². The summed E-state index contributed by atoms with van der Waals surface area (Å²) in [5.41, 5.74) is 0.474. The van der Waals surface area contributed by atoms with Crippen LogP contribution in [0.2, 0.25) is 0 Å². The van der Waals surface area contributed by atoms with E-state index in [2.05, 4.69) is 19.9 Å². The molecule has 0 aromatic carbocycles. The Bertz CT molecular complexity index is 443. The first-order valence-electron chi connectivity index (χ1n) is 5.95. The van der Waals surface area contributed by atoms with Gasteiger partial charge in [-0.2, -0.15) is 0 Å². The van der Waals surface area contributed by atoms with Gasteiger partial charge in [0.15, 0.2) is 0 Å². The Hall–Kier alpha value is -1.51. The molecule has 1 aromatic rings. The van der Waals surface area contributed by atoms with Crippen molar-refractivity contribution in [3.05, 3.63) is 33.9 Å². The van der Waals surface area contributed by atoms with Gasteiger partial charge in [0.1, 0.15) is 11.5 Å². The lowest BCUT2D eigenvalue weighted by Gasteiger charge is -2.06. The number of hydrogen-bond donors (Lipinski definition) is 0. The van der Waals surface area contributed by atoms with Gasteiger partial charge in [-0.3, -0.25) is 0 Å². The van der Waals surface area contributed by atoms with Crippen LogP contribution >= 0.6 is 0 Å². The Kier molecular flexibility index (Phi) is 5.01. The second-order valence-corrected chi connectivity index (χ2v) is 4.25. The third-order valence-electron chi connectivity index (χ3n) is 2.74. The fraction of sp³-hybridized carbons (Fsp3) is 0.500. The molecule has 0 N–H and O–H groups in total. The highest BCUT2D eigenvalue weighted by atomic mass is 16.5. The Morgan fingerprint density at radius 3 is 2.82 bits per heavy atom. The molecule has 0 saturated heterocycles. The first-order chi connectivity index (χ1) is 8.08. The molecule has 0 spiro atoms. The van der Waals surface area contributed by atoms with Gasteiger partial charge < -0.3 is 9.15 Å². The summed E-state index contributed by atoms with van der Waals surface area (Å²) in [6.07, 6.45) is 6.20. The van der Waals surface area contributed by atoms with Gasteiger partial charge in [-0.15, -0.1) is 0 Å². The van der Waals surface area contributed by atoms with E-state index in [0.717, 1.165) is 18.4 Å². The third-order valence-corrected chi connectivity index (χ3v) is 2.74. The zero-order valence-corrected chi connectivity index (χ0v) is 10.9. The SMILES string of the molecule is CCCC(C)/C=C/c1oc(=O)cc(OC)c1C. The second-order valence-electron chi connectivity index (χ2n) is 4.25. The first-order valence-corrected chi connectivity index (χ1v) is 5.95. The van der Waals surface area contributed by atoms with Crippen LogP contribution < -0.4 is 10.4 Å². The monoisotopic (exact) mass is 236 g/mol. The fourth-order valence-corrected chi connectivity index (χ4v) is 1.73. The van der Waals surface area contributed by atoms with E-state index in [9.17, 15) is 4.79 Å². The Labute approximate surface area is 102 Å². The van der Waals surface area contributed by atoms with E-state index in [1.807, 2.05) is 13.0 Å². The van der Waals surface area contributed by atoms with Crippen molar-refractivity contribution >= 4 is 6.08 Å². The Morgan fingerprint density at radius 1 is 1.53 bits per heavy atom. The maximum absolute atomic E-state index is 11.3. The van der Waals surface area contributed by atoms with Crippen molar-refractivity contribution in [3.8, 4) is 5.75 Å². The van der Waals surface area contributed by atoms with E-state index < -0.39 is 0 Å². The van der Waals surface area contributed by atoms with Gasteiger partial charge >= 0.3 is 5.63 Å². The minimum atomic E-state index is -0.379. The summed E-state index contributed by atoms with van der Waals surface area (Å²) >= 11 is 0. The van der Waals surface area contributed by atoms with Crippen LogP contribution in [0.3, 0.4) is 0 Å². The summed E-state index contributed by atoms with van der Waals surface area (Å²) in [6, 6.07) is 1.36. The van der Waals surface area contributed by atoms with E-state index in [1.165, 1.54) is 6.07 Å². The second kappa shape index (κ2) is 6.28. The normalized spacial score (nSPS) is 12.9. The molecule has 0 saturated carbocycles. The number of rotatable bonds is 5. The lowest BCUT2D eigenvalue weighted by Crippen LogP contribution is -2.02. The molecule has 3 heteroatoms. The first kappa shape index (κ1) is 13.6. The third kappa shape index (κ3) is 3.77. The minimum Gasteiger partial charge on any atom is -0.496 e. The maximum Gasteiger partial charge on any atom is 0.339 e. The lowest BCUT2D eigenvalue weighted by atomic mass is 10.0. The summed E-state index contributed by atoms with van der Waals surface area (Å²) in [5.74, 6) is 1.64. The van der Waals surface area contributed by atoms with E-state index >= 15 is 0 Å². The summed E-state index contributed by atoms with van der Waals surface area (Å²) in [6.45, 7) is 6.18. The minimum absolute atomic E-state index is 0.379. The van der Waals surface area contributed by atoms with Crippen molar-refractivity contribution < 1.29 is 9.15 Å². The molecule has 3 nitrogen and oxygen atoms in total.